The average Bonchev–Trinajstić information content (AvgIpc) is 3.21. The van der Waals surface area contributed by atoms with Crippen molar-refractivity contribution < 1.29 is 19.2 Å². The number of non-ortho nitro benzene ring substituents is 1. The number of hydrogen-bond acceptors (Lipinski definition) is 7. The van der Waals surface area contributed by atoms with Crippen LogP contribution in [0.3, 0.4) is 0 Å². The average molecular weight is 403 g/mol. The highest BCUT2D eigenvalue weighted by molar-refractivity contribution is 7.16. The molecule has 0 saturated heterocycles. The third-order valence-corrected chi connectivity index (χ3v) is 5.05. The molecular weight excluding hydrogens is 386 g/mol. The Kier molecular flexibility index (Phi) is 5.36. The summed E-state index contributed by atoms with van der Waals surface area (Å²) >= 11 is 1.08. The number of nitro groups is 1. The maximum atomic E-state index is 12.7. The second-order valence-electron chi connectivity index (χ2n) is 5.86. The predicted molar refractivity (Wildman–Crippen MR) is 101 cm³/mol. The zero-order chi connectivity index (χ0) is 20.4. The first-order chi connectivity index (χ1) is 13.3. The van der Waals surface area contributed by atoms with Crippen LogP contribution in [-0.2, 0) is 22.6 Å². The van der Waals surface area contributed by atoms with Gasteiger partial charge < -0.3 is 9.30 Å². The van der Waals surface area contributed by atoms with Gasteiger partial charge in [0.15, 0.2) is 4.80 Å². The first-order valence-corrected chi connectivity index (χ1v) is 9.13. The van der Waals surface area contributed by atoms with E-state index in [9.17, 15) is 19.7 Å². The molecule has 0 spiro atoms. The fraction of sp³-hybridized carbons (Fsp3) is 0.294. The lowest BCUT2D eigenvalue weighted by Crippen LogP contribution is -2.23. The van der Waals surface area contributed by atoms with Gasteiger partial charge in [-0.3, -0.25) is 24.4 Å². The summed E-state index contributed by atoms with van der Waals surface area (Å²) < 4.78 is 8.30. The number of carbonyl (C=O) groups is 2. The Morgan fingerprint density at radius 2 is 2.11 bits per heavy atom. The molecule has 10 nitrogen and oxygen atoms in total. The lowest BCUT2D eigenvalue weighted by molar-refractivity contribution is -0.384. The SMILES string of the molecule is CCn1nc(C)cc1C(=O)N=c1sc2cc([N+](=O)[O-])ccc2n1CC(=O)OC. The van der Waals surface area contributed by atoms with Gasteiger partial charge in [0.1, 0.15) is 12.2 Å². The van der Waals surface area contributed by atoms with Crippen LogP contribution in [0.5, 0.6) is 0 Å². The molecule has 2 heterocycles. The number of aromatic nitrogens is 3. The summed E-state index contributed by atoms with van der Waals surface area (Å²) in [6.45, 7) is 3.97. The predicted octanol–water partition coefficient (Wildman–Crippen LogP) is 2.05. The van der Waals surface area contributed by atoms with Crippen molar-refractivity contribution >= 4 is 39.1 Å². The van der Waals surface area contributed by atoms with E-state index in [1.54, 1.807) is 17.7 Å². The van der Waals surface area contributed by atoms with Crippen LogP contribution >= 0.6 is 11.3 Å². The molecule has 0 atom stereocenters. The summed E-state index contributed by atoms with van der Waals surface area (Å²) in [4.78, 5) is 39.5. The largest absolute Gasteiger partial charge is 0.468 e. The minimum Gasteiger partial charge on any atom is -0.468 e. The van der Waals surface area contributed by atoms with Gasteiger partial charge in [0.05, 0.1) is 27.9 Å². The van der Waals surface area contributed by atoms with E-state index in [0.717, 1.165) is 11.3 Å². The lowest BCUT2D eigenvalue weighted by atomic mass is 10.3. The maximum Gasteiger partial charge on any atom is 0.325 e. The molecule has 0 aliphatic heterocycles. The van der Waals surface area contributed by atoms with Crippen LogP contribution in [0, 0.1) is 17.0 Å². The highest BCUT2D eigenvalue weighted by atomic mass is 32.1. The van der Waals surface area contributed by atoms with Crippen molar-refractivity contribution in [3.05, 3.63) is 50.6 Å². The highest BCUT2D eigenvalue weighted by Gasteiger charge is 2.17. The number of fused-ring (bicyclic) bond motifs is 1. The fourth-order valence-electron chi connectivity index (χ4n) is 2.71. The third kappa shape index (κ3) is 3.69. The van der Waals surface area contributed by atoms with Crippen molar-refractivity contribution in [1.29, 1.82) is 0 Å². The second kappa shape index (κ2) is 7.72. The molecule has 0 aliphatic carbocycles. The molecule has 1 amide bonds. The first-order valence-electron chi connectivity index (χ1n) is 8.32. The topological polar surface area (TPSA) is 122 Å². The normalized spacial score (nSPS) is 11.8. The Bertz CT molecular complexity index is 1160. The van der Waals surface area contributed by atoms with Gasteiger partial charge in [-0.05, 0) is 26.0 Å². The number of rotatable bonds is 5. The number of amides is 1. The van der Waals surface area contributed by atoms with Gasteiger partial charge in [0, 0.05) is 18.7 Å². The van der Waals surface area contributed by atoms with E-state index in [4.69, 9.17) is 4.74 Å². The number of hydrogen-bond donors (Lipinski definition) is 0. The smallest absolute Gasteiger partial charge is 0.325 e. The number of esters is 1. The molecule has 3 rings (SSSR count). The van der Waals surface area contributed by atoms with Crippen molar-refractivity contribution in [1.82, 2.24) is 14.3 Å². The quantitative estimate of drug-likeness (QED) is 0.365. The van der Waals surface area contributed by atoms with Crippen molar-refractivity contribution in [2.75, 3.05) is 7.11 Å². The molecule has 146 valence electrons. The van der Waals surface area contributed by atoms with E-state index in [0.29, 0.717) is 28.1 Å². The van der Waals surface area contributed by atoms with Crippen LogP contribution in [0.15, 0.2) is 29.3 Å². The Balaban J connectivity index is 2.18. The summed E-state index contributed by atoms with van der Waals surface area (Å²) in [5, 5.41) is 15.3. The third-order valence-electron chi connectivity index (χ3n) is 4.01. The Labute approximate surface area is 162 Å². The van der Waals surface area contributed by atoms with Gasteiger partial charge in [0.25, 0.3) is 11.6 Å². The van der Waals surface area contributed by atoms with Crippen LogP contribution in [0.25, 0.3) is 10.2 Å². The van der Waals surface area contributed by atoms with E-state index < -0.39 is 16.8 Å². The number of nitro benzene ring substituents is 1. The summed E-state index contributed by atoms with van der Waals surface area (Å²) in [5.41, 5.74) is 1.48. The molecule has 11 heteroatoms. The molecule has 0 saturated carbocycles. The number of ether oxygens (including phenoxy) is 1. The van der Waals surface area contributed by atoms with E-state index >= 15 is 0 Å². The van der Waals surface area contributed by atoms with Crippen molar-refractivity contribution in [3.8, 4) is 0 Å². The fourth-order valence-corrected chi connectivity index (χ4v) is 3.77. The van der Waals surface area contributed by atoms with E-state index in [1.165, 1.54) is 29.9 Å². The molecule has 0 fully saturated rings. The molecule has 0 radical (unpaired) electrons. The van der Waals surface area contributed by atoms with Gasteiger partial charge in [-0.15, -0.1) is 0 Å². The van der Waals surface area contributed by atoms with Gasteiger partial charge in [-0.25, -0.2) is 0 Å². The summed E-state index contributed by atoms with van der Waals surface area (Å²) in [7, 11) is 1.26. The minimum atomic E-state index is -0.526. The van der Waals surface area contributed by atoms with Crippen molar-refractivity contribution in [3.63, 3.8) is 0 Å². The Morgan fingerprint density at radius 3 is 2.75 bits per heavy atom. The van der Waals surface area contributed by atoms with Crippen molar-refractivity contribution in [2.45, 2.75) is 26.9 Å². The number of thiazole rings is 1. The van der Waals surface area contributed by atoms with Crippen LogP contribution in [0.1, 0.15) is 23.1 Å². The molecule has 3 aromatic rings. The van der Waals surface area contributed by atoms with Gasteiger partial charge in [-0.1, -0.05) is 11.3 Å². The Hall–Kier alpha value is -3.34. The first kappa shape index (κ1) is 19.4. The zero-order valence-corrected chi connectivity index (χ0v) is 16.2. The standard InChI is InChI=1S/C17H17N5O5S/c1-4-21-13(7-10(2)19-21)16(24)18-17-20(9-15(23)27-3)12-6-5-11(22(25)26)8-14(12)28-17/h5-8H,4,9H2,1-3H3. The van der Waals surface area contributed by atoms with Crippen molar-refractivity contribution in [2.24, 2.45) is 4.99 Å². The molecule has 0 aliphatic rings. The minimum absolute atomic E-state index is 0.0865. The molecule has 0 bridgehead atoms. The molecule has 2 aromatic heterocycles. The van der Waals surface area contributed by atoms with E-state index in [2.05, 4.69) is 10.1 Å². The molecular formula is C17H17N5O5S. The highest BCUT2D eigenvalue weighted by Crippen LogP contribution is 2.23. The van der Waals surface area contributed by atoms with Crippen LogP contribution in [0.4, 0.5) is 5.69 Å². The van der Waals surface area contributed by atoms with Gasteiger partial charge in [0.2, 0.25) is 0 Å². The summed E-state index contributed by atoms with van der Waals surface area (Å²) in [5.74, 6) is -1.04. The number of aryl methyl sites for hydroxylation is 2. The lowest BCUT2D eigenvalue weighted by Gasteiger charge is -2.04. The summed E-state index contributed by atoms with van der Waals surface area (Å²) in [6, 6.07) is 5.89. The maximum absolute atomic E-state index is 12.7. The molecule has 0 unspecified atom stereocenters. The zero-order valence-electron chi connectivity index (χ0n) is 15.4. The number of methoxy groups -OCH3 is 1. The summed E-state index contributed by atoms with van der Waals surface area (Å²) in [6.07, 6.45) is 0. The second-order valence-corrected chi connectivity index (χ2v) is 6.87. The number of nitrogens with zero attached hydrogens (tertiary/aromatic N) is 5. The van der Waals surface area contributed by atoms with Crippen LogP contribution in [0.2, 0.25) is 0 Å². The molecule has 0 N–H and O–H groups in total. The number of benzene rings is 1. The van der Waals surface area contributed by atoms with E-state index in [-0.39, 0.29) is 17.0 Å². The van der Waals surface area contributed by atoms with Gasteiger partial charge >= 0.3 is 5.97 Å². The number of carbonyl (C=O) groups excluding carboxylic acids is 2. The molecule has 28 heavy (non-hydrogen) atoms. The van der Waals surface area contributed by atoms with E-state index in [1.807, 2.05) is 6.92 Å². The Morgan fingerprint density at radius 1 is 1.36 bits per heavy atom. The van der Waals surface area contributed by atoms with Crippen LogP contribution < -0.4 is 4.80 Å². The van der Waals surface area contributed by atoms with Crippen LogP contribution in [-0.4, -0.2) is 38.3 Å². The molecule has 1 aromatic carbocycles. The monoisotopic (exact) mass is 403 g/mol. The van der Waals surface area contributed by atoms with Gasteiger partial charge in [-0.2, -0.15) is 10.1 Å².